The second-order valence-corrected chi connectivity index (χ2v) is 5.71. The molecule has 0 bridgehead atoms. The molecule has 1 aliphatic heterocycles. The number of halogens is 2. The summed E-state index contributed by atoms with van der Waals surface area (Å²) in [5, 5.41) is 0.172. The van der Waals surface area contributed by atoms with Crippen LogP contribution in [-0.4, -0.2) is 49.1 Å². The Labute approximate surface area is 125 Å². The van der Waals surface area contributed by atoms with E-state index in [4.69, 9.17) is 17.3 Å². The molecule has 2 rings (SSSR count). The van der Waals surface area contributed by atoms with Gasteiger partial charge in [-0.15, -0.1) is 0 Å². The van der Waals surface area contributed by atoms with Crippen LogP contribution in [0.25, 0.3) is 0 Å². The molecule has 0 radical (unpaired) electrons. The zero-order valence-corrected chi connectivity index (χ0v) is 12.7. The average molecular weight is 300 g/mol. The minimum atomic E-state index is -0.376. The predicted molar refractivity (Wildman–Crippen MR) is 81.5 cm³/mol. The molecule has 0 aromatic heterocycles. The maximum Gasteiger partial charge on any atom is 0.141 e. The van der Waals surface area contributed by atoms with Gasteiger partial charge in [0.2, 0.25) is 0 Å². The minimum absolute atomic E-state index is 0.122. The SMILES string of the molecule is CCCN1CCN(C(CN)c2ccc(F)c(Cl)c2)CC1. The third-order valence-corrected chi connectivity index (χ3v) is 4.23. The fourth-order valence-electron chi connectivity index (χ4n) is 2.83. The van der Waals surface area contributed by atoms with Crippen molar-refractivity contribution in [3.63, 3.8) is 0 Å². The molecular weight excluding hydrogens is 277 g/mol. The molecule has 1 aliphatic rings. The molecule has 1 aromatic rings. The van der Waals surface area contributed by atoms with E-state index in [0.29, 0.717) is 6.54 Å². The van der Waals surface area contributed by atoms with Crippen LogP contribution in [0.4, 0.5) is 4.39 Å². The molecular formula is C15H23ClFN3. The maximum absolute atomic E-state index is 13.3. The van der Waals surface area contributed by atoms with Crippen molar-refractivity contribution in [1.82, 2.24) is 9.80 Å². The Morgan fingerprint density at radius 1 is 1.30 bits per heavy atom. The number of nitrogens with two attached hydrogens (primary N) is 1. The molecule has 1 atom stereocenters. The topological polar surface area (TPSA) is 32.5 Å². The first-order valence-electron chi connectivity index (χ1n) is 7.27. The summed E-state index contributed by atoms with van der Waals surface area (Å²) >= 11 is 5.88. The van der Waals surface area contributed by atoms with Crippen LogP contribution in [0.5, 0.6) is 0 Å². The van der Waals surface area contributed by atoms with Crippen molar-refractivity contribution >= 4 is 11.6 Å². The minimum Gasteiger partial charge on any atom is -0.329 e. The summed E-state index contributed by atoms with van der Waals surface area (Å²) in [6.45, 7) is 8.01. The summed E-state index contributed by atoms with van der Waals surface area (Å²) in [6, 6.07) is 5.04. The third kappa shape index (κ3) is 3.70. The summed E-state index contributed by atoms with van der Waals surface area (Å²) in [7, 11) is 0. The van der Waals surface area contributed by atoms with Crippen LogP contribution in [-0.2, 0) is 0 Å². The van der Waals surface area contributed by atoms with Crippen LogP contribution in [0.15, 0.2) is 18.2 Å². The Hall–Kier alpha value is -0.680. The normalized spacial score (nSPS) is 19.2. The molecule has 5 heteroatoms. The standard InChI is InChI=1S/C15H23ClFN3/c1-2-5-19-6-8-20(9-7-19)15(11-18)12-3-4-14(17)13(16)10-12/h3-4,10,15H,2,5-9,11,18H2,1H3. The van der Waals surface area contributed by atoms with Crippen LogP contribution < -0.4 is 5.73 Å². The molecule has 2 N–H and O–H groups in total. The molecule has 1 heterocycles. The molecule has 0 spiro atoms. The van der Waals surface area contributed by atoms with E-state index in [0.717, 1.165) is 38.3 Å². The Balaban J connectivity index is 2.03. The van der Waals surface area contributed by atoms with E-state index in [9.17, 15) is 4.39 Å². The van der Waals surface area contributed by atoms with Gasteiger partial charge in [-0.1, -0.05) is 24.6 Å². The van der Waals surface area contributed by atoms with Crippen molar-refractivity contribution in [2.75, 3.05) is 39.3 Å². The first-order valence-corrected chi connectivity index (χ1v) is 7.65. The molecule has 3 nitrogen and oxygen atoms in total. The van der Waals surface area contributed by atoms with E-state index in [1.807, 2.05) is 0 Å². The Kier molecular flexibility index (Phi) is 5.78. The molecule has 0 saturated carbocycles. The van der Waals surface area contributed by atoms with Crippen molar-refractivity contribution in [1.29, 1.82) is 0 Å². The van der Waals surface area contributed by atoms with Crippen LogP contribution in [0.1, 0.15) is 24.9 Å². The van der Waals surface area contributed by atoms with Crippen LogP contribution >= 0.6 is 11.6 Å². The first kappa shape index (κ1) is 15.7. The monoisotopic (exact) mass is 299 g/mol. The zero-order valence-electron chi connectivity index (χ0n) is 12.0. The van der Waals surface area contributed by atoms with Gasteiger partial charge in [0.15, 0.2) is 0 Å². The molecule has 20 heavy (non-hydrogen) atoms. The summed E-state index contributed by atoms with van der Waals surface area (Å²) in [5.74, 6) is -0.376. The van der Waals surface area contributed by atoms with Crippen molar-refractivity contribution in [3.05, 3.63) is 34.6 Å². The lowest BCUT2D eigenvalue weighted by molar-refractivity contribution is 0.0985. The fourth-order valence-corrected chi connectivity index (χ4v) is 3.02. The van der Waals surface area contributed by atoms with E-state index in [2.05, 4.69) is 16.7 Å². The Bertz CT molecular complexity index is 433. The quantitative estimate of drug-likeness (QED) is 0.907. The lowest BCUT2D eigenvalue weighted by Crippen LogP contribution is -2.49. The van der Waals surface area contributed by atoms with Crippen molar-refractivity contribution in [2.24, 2.45) is 5.73 Å². The number of benzene rings is 1. The second-order valence-electron chi connectivity index (χ2n) is 5.30. The first-order chi connectivity index (χ1) is 9.65. The number of rotatable bonds is 5. The Morgan fingerprint density at radius 3 is 2.55 bits per heavy atom. The number of hydrogen-bond donors (Lipinski definition) is 1. The van der Waals surface area contributed by atoms with Gasteiger partial charge in [-0.05, 0) is 30.7 Å². The van der Waals surface area contributed by atoms with E-state index in [1.165, 1.54) is 12.5 Å². The summed E-state index contributed by atoms with van der Waals surface area (Å²) in [4.78, 5) is 4.84. The van der Waals surface area contributed by atoms with Gasteiger partial charge in [0, 0.05) is 38.8 Å². The molecule has 112 valence electrons. The van der Waals surface area contributed by atoms with Crippen LogP contribution in [0.2, 0.25) is 5.02 Å². The number of piperazine rings is 1. The lowest BCUT2D eigenvalue weighted by atomic mass is 10.0. The average Bonchev–Trinajstić information content (AvgIpc) is 2.46. The zero-order chi connectivity index (χ0) is 14.5. The van der Waals surface area contributed by atoms with Gasteiger partial charge in [0.05, 0.1) is 5.02 Å². The molecule has 0 amide bonds. The molecule has 1 saturated heterocycles. The lowest BCUT2D eigenvalue weighted by Gasteiger charge is -2.39. The number of hydrogen-bond acceptors (Lipinski definition) is 3. The van der Waals surface area contributed by atoms with Crippen molar-refractivity contribution in [3.8, 4) is 0 Å². The highest BCUT2D eigenvalue weighted by Gasteiger charge is 2.24. The largest absolute Gasteiger partial charge is 0.329 e. The molecule has 0 aliphatic carbocycles. The highest BCUT2D eigenvalue weighted by molar-refractivity contribution is 6.30. The van der Waals surface area contributed by atoms with Gasteiger partial charge < -0.3 is 10.6 Å². The summed E-state index contributed by atoms with van der Waals surface area (Å²) < 4.78 is 13.3. The van der Waals surface area contributed by atoms with Crippen molar-refractivity contribution < 1.29 is 4.39 Å². The smallest absolute Gasteiger partial charge is 0.141 e. The second kappa shape index (κ2) is 7.36. The van der Waals surface area contributed by atoms with E-state index >= 15 is 0 Å². The molecule has 1 fully saturated rings. The number of nitrogens with zero attached hydrogens (tertiary/aromatic N) is 2. The highest BCUT2D eigenvalue weighted by Crippen LogP contribution is 2.25. The van der Waals surface area contributed by atoms with Gasteiger partial charge in [-0.2, -0.15) is 0 Å². The van der Waals surface area contributed by atoms with Gasteiger partial charge in [0.25, 0.3) is 0 Å². The fraction of sp³-hybridized carbons (Fsp3) is 0.600. The molecule has 1 unspecified atom stereocenters. The van der Waals surface area contributed by atoms with Gasteiger partial charge >= 0.3 is 0 Å². The summed E-state index contributed by atoms with van der Waals surface area (Å²) in [5.41, 5.74) is 6.93. The predicted octanol–water partition coefficient (Wildman–Crippen LogP) is 2.51. The maximum atomic E-state index is 13.3. The van der Waals surface area contributed by atoms with Gasteiger partial charge in [-0.25, -0.2) is 4.39 Å². The van der Waals surface area contributed by atoms with Crippen LogP contribution in [0, 0.1) is 5.82 Å². The van der Waals surface area contributed by atoms with E-state index in [-0.39, 0.29) is 16.9 Å². The molecule has 1 aromatic carbocycles. The van der Waals surface area contributed by atoms with Crippen molar-refractivity contribution in [2.45, 2.75) is 19.4 Å². The summed E-state index contributed by atoms with van der Waals surface area (Å²) in [6.07, 6.45) is 1.19. The van der Waals surface area contributed by atoms with E-state index in [1.54, 1.807) is 12.1 Å². The van der Waals surface area contributed by atoms with Gasteiger partial charge in [0.1, 0.15) is 5.82 Å². The van der Waals surface area contributed by atoms with Gasteiger partial charge in [-0.3, -0.25) is 4.90 Å². The third-order valence-electron chi connectivity index (χ3n) is 3.94. The highest BCUT2D eigenvalue weighted by atomic mass is 35.5. The van der Waals surface area contributed by atoms with E-state index < -0.39 is 0 Å². The van der Waals surface area contributed by atoms with Crippen LogP contribution in [0.3, 0.4) is 0 Å². The Morgan fingerprint density at radius 2 is 2.00 bits per heavy atom.